The van der Waals surface area contributed by atoms with Gasteiger partial charge in [0.05, 0.1) is 6.61 Å². The minimum absolute atomic E-state index is 0.00331. The highest BCUT2D eigenvalue weighted by atomic mass is 16.5. The van der Waals surface area contributed by atoms with Gasteiger partial charge in [-0.2, -0.15) is 0 Å². The van der Waals surface area contributed by atoms with E-state index in [2.05, 4.69) is 0 Å². The van der Waals surface area contributed by atoms with Crippen molar-refractivity contribution in [3.05, 3.63) is 29.3 Å². The molecule has 18 heavy (non-hydrogen) atoms. The summed E-state index contributed by atoms with van der Waals surface area (Å²) in [5.74, 6) is -0.795. The van der Waals surface area contributed by atoms with Crippen LogP contribution in [0, 0.1) is 6.92 Å². The molecule has 0 aliphatic carbocycles. The molecule has 5 nitrogen and oxygen atoms in total. The van der Waals surface area contributed by atoms with Gasteiger partial charge in [0.25, 0.3) is 0 Å². The molecule has 1 rings (SSSR count). The molecule has 100 valence electrons. The molecule has 0 fully saturated rings. The number of aliphatic hydroxyl groups excluding tert-OH is 1. The van der Waals surface area contributed by atoms with E-state index in [0.717, 1.165) is 5.56 Å². The van der Waals surface area contributed by atoms with E-state index in [-0.39, 0.29) is 24.5 Å². The summed E-state index contributed by atoms with van der Waals surface area (Å²) in [7, 11) is 0. The lowest BCUT2D eigenvalue weighted by molar-refractivity contribution is 0.0161. The van der Waals surface area contributed by atoms with Crippen LogP contribution in [-0.2, 0) is 4.74 Å². The Hall–Kier alpha value is -1.59. The van der Waals surface area contributed by atoms with Gasteiger partial charge in [0.2, 0.25) is 0 Å². The van der Waals surface area contributed by atoms with Crippen molar-refractivity contribution in [1.29, 1.82) is 0 Å². The number of ether oxygens (including phenoxy) is 2. The van der Waals surface area contributed by atoms with Crippen LogP contribution in [0.2, 0.25) is 0 Å². The second kappa shape index (κ2) is 6.98. The zero-order valence-corrected chi connectivity index (χ0v) is 10.5. The number of aryl methyl sites for hydroxylation is 1. The Morgan fingerprint density at radius 1 is 1.39 bits per heavy atom. The summed E-state index contributed by atoms with van der Waals surface area (Å²) >= 11 is 0. The minimum Gasteiger partial charge on any atom is -0.490 e. The number of carboxylic acids is 1. The first-order valence-corrected chi connectivity index (χ1v) is 5.77. The van der Waals surface area contributed by atoms with Gasteiger partial charge in [-0.15, -0.1) is 0 Å². The maximum absolute atomic E-state index is 11.0. The van der Waals surface area contributed by atoms with Gasteiger partial charge in [0, 0.05) is 6.61 Å². The SMILES string of the molecule is CCOCC(O)COc1ccc(C)cc1C(=O)O. The van der Waals surface area contributed by atoms with E-state index in [0.29, 0.717) is 6.61 Å². The molecule has 1 aromatic rings. The van der Waals surface area contributed by atoms with Crippen LogP contribution >= 0.6 is 0 Å². The largest absolute Gasteiger partial charge is 0.490 e. The summed E-state index contributed by atoms with van der Waals surface area (Å²) in [5, 5.41) is 18.6. The van der Waals surface area contributed by atoms with Crippen LogP contribution in [0.1, 0.15) is 22.8 Å². The predicted molar refractivity (Wildman–Crippen MR) is 66.1 cm³/mol. The molecule has 0 saturated heterocycles. The molecule has 1 aromatic carbocycles. The van der Waals surface area contributed by atoms with Crippen LogP contribution in [0.15, 0.2) is 18.2 Å². The van der Waals surface area contributed by atoms with Crippen molar-refractivity contribution in [3.8, 4) is 5.75 Å². The lowest BCUT2D eigenvalue weighted by Crippen LogP contribution is -2.24. The second-order valence-electron chi connectivity index (χ2n) is 3.93. The Bertz CT molecular complexity index is 402. The third-order valence-corrected chi connectivity index (χ3v) is 2.31. The van der Waals surface area contributed by atoms with Crippen LogP contribution in [0.5, 0.6) is 5.75 Å². The second-order valence-corrected chi connectivity index (χ2v) is 3.93. The molecule has 0 aliphatic heterocycles. The van der Waals surface area contributed by atoms with Crippen molar-refractivity contribution < 1.29 is 24.5 Å². The van der Waals surface area contributed by atoms with Crippen LogP contribution in [-0.4, -0.2) is 42.1 Å². The molecule has 0 heterocycles. The van der Waals surface area contributed by atoms with E-state index in [9.17, 15) is 9.90 Å². The summed E-state index contributed by atoms with van der Waals surface area (Å²) in [6.45, 7) is 4.33. The number of hydrogen-bond acceptors (Lipinski definition) is 4. The molecular formula is C13H18O5. The highest BCUT2D eigenvalue weighted by Gasteiger charge is 2.13. The van der Waals surface area contributed by atoms with Crippen molar-refractivity contribution in [1.82, 2.24) is 0 Å². The average Bonchev–Trinajstić information content (AvgIpc) is 2.34. The maximum atomic E-state index is 11.0. The van der Waals surface area contributed by atoms with Crippen molar-refractivity contribution in [2.75, 3.05) is 19.8 Å². The predicted octanol–water partition coefficient (Wildman–Crippen LogP) is 1.47. The number of hydrogen-bond donors (Lipinski definition) is 2. The summed E-state index contributed by atoms with van der Waals surface area (Å²) in [6.07, 6.45) is -0.770. The normalized spacial score (nSPS) is 12.2. The van der Waals surface area contributed by atoms with Crippen molar-refractivity contribution in [2.24, 2.45) is 0 Å². The molecule has 0 amide bonds. The Labute approximate surface area is 106 Å². The van der Waals surface area contributed by atoms with Crippen molar-refractivity contribution in [2.45, 2.75) is 20.0 Å². The quantitative estimate of drug-likeness (QED) is 0.770. The van der Waals surface area contributed by atoms with Gasteiger partial charge in [-0.05, 0) is 26.0 Å². The molecular weight excluding hydrogens is 236 g/mol. The Morgan fingerprint density at radius 2 is 2.11 bits per heavy atom. The highest BCUT2D eigenvalue weighted by Crippen LogP contribution is 2.20. The number of rotatable bonds is 7. The monoisotopic (exact) mass is 254 g/mol. The van der Waals surface area contributed by atoms with Gasteiger partial charge in [0.1, 0.15) is 24.0 Å². The van der Waals surface area contributed by atoms with Crippen molar-refractivity contribution in [3.63, 3.8) is 0 Å². The number of benzene rings is 1. The molecule has 0 saturated carbocycles. The Morgan fingerprint density at radius 3 is 2.72 bits per heavy atom. The summed E-state index contributed by atoms with van der Waals surface area (Å²) in [5.41, 5.74) is 0.938. The lowest BCUT2D eigenvalue weighted by atomic mass is 10.1. The van der Waals surface area contributed by atoms with E-state index in [1.54, 1.807) is 19.1 Å². The fraction of sp³-hybridized carbons (Fsp3) is 0.462. The van der Waals surface area contributed by atoms with Crippen molar-refractivity contribution >= 4 is 5.97 Å². The molecule has 0 aromatic heterocycles. The molecule has 0 aliphatic rings. The number of carboxylic acid groups (broad SMARTS) is 1. The molecule has 0 spiro atoms. The first-order valence-electron chi connectivity index (χ1n) is 5.77. The topological polar surface area (TPSA) is 76.0 Å². The third-order valence-electron chi connectivity index (χ3n) is 2.31. The first-order chi connectivity index (χ1) is 8.54. The lowest BCUT2D eigenvalue weighted by Gasteiger charge is -2.14. The smallest absolute Gasteiger partial charge is 0.339 e. The standard InChI is InChI=1S/C13H18O5/c1-3-17-7-10(14)8-18-12-5-4-9(2)6-11(12)13(15)16/h4-6,10,14H,3,7-8H2,1-2H3,(H,15,16). The van der Waals surface area contributed by atoms with E-state index in [1.807, 2.05) is 6.92 Å². The van der Waals surface area contributed by atoms with Gasteiger partial charge in [-0.1, -0.05) is 11.6 Å². The summed E-state index contributed by atoms with van der Waals surface area (Å²) in [4.78, 5) is 11.0. The van der Waals surface area contributed by atoms with Crippen LogP contribution in [0.3, 0.4) is 0 Å². The van der Waals surface area contributed by atoms with E-state index < -0.39 is 12.1 Å². The van der Waals surface area contributed by atoms with E-state index in [1.165, 1.54) is 6.07 Å². The van der Waals surface area contributed by atoms with Crippen LogP contribution < -0.4 is 4.74 Å². The molecule has 1 unspecified atom stereocenters. The maximum Gasteiger partial charge on any atom is 0.339 e. The molecule has 0 bridgehead atoms. The number of aromatic carboxylic acids is 1. The Kier molecular flexibility index (Phi) is 5.61. The van der Waals surface area contributed by atoms with Gasteiger partial charge < -0.3 is 19.7 Å². The zero-order valence-electron chi connectivity index (χ0n) is 10.5. The fourth-order valence-corrected chi connectivity index (χ4v) is 1.42. The Balaban J connectivity index is 2.64. The fourth-order valence-electron chi connectivity index (χ4n) is 1.42. The summed E-state index contributed by atoms with van der Waals surface area (Å²) < 4.78 is 10.3. The molecule has 1 atom stereocenters. The zero-order chi connectivity index (χ0) is 13.5. The first kappa shape index (κ1) is 14.5. The summed E-state index contributed by atoms with van der Waals surface area (Å²) in [6, 6.07) is 4.88. The van der Waals surface area contributed by atoms with E-state index >= 15 is 0 Å². The minimum atomic E-state index is -1.05. The molecule has 5 heteroatoms. The highest BCUT2D eigenvalue weighted by molar-refractivity contribution is 5.91. The number of carbonyl (C=O) groups is 1. The van der Waals surface area contributed by atoms with Crippen LogP contribution in [0.25, 0.3) is 0 Å². The molecule has 0 radical (unpaired) electrons. The molecule has 2 N–H and O–H groups in total. The van der Waals surface area contributed by atoms with Crippen LogP contribution in [0.4, 0.5) is 0 Å². The number of aliphatic hydroxyl groups is 1. The van der Waals surface area contributed by atoms with Gasteiger partial charge in [-0.3, -0.25) is 0 Å². The van der Waals surface area contributed by atoms with Gasteiger partial charge in [-0.25, -0.2) is 4.79 Å². The van der Waals surface area contributed by atoms with Gasteiger partial charge >= 0.3 is 5.97 Å². The average molecular weight is 254 g/mol. The third kappa shape index (κ3) is 4.35. The van der Waals surface area contributed by atoms with Gasteiger partial charge in [0.15, 0.2) is 0 Å². The van der Waals surface area contributed by atoms with E-state index in [4.69, 9.17) is 14.6 Å².